The number of amides is 2. The van der Waals surface area contributed by atoms with Gasteiger partial charge in [0.05, 0.1) is 6.61 Å². The van der Waals surface area contributed by atoms with E-state index in [1.165, 1.54) is 0 Å². The third-order valence-corrected chi connectivity index (χ3v) is 4.48. The van der Waals surface area contributed by atoms with Crippen LogP contribution in [0.4, 0.5) is 4.79 Å². The fourth-order valence-electron chi connectivity index (χ4n) is 3.03. The summed E-state index contributed by atoms with van der Waals surface area (Å²) in [5, 5.41) is 0. The van der Waals surface area contributed by atoms with E-state index in [-0.39, 0.29) is 18.6 Å². The van der Waals surface area contributed by atoms with E-state index >= 15 is 0 Å². The molecule has 1 fully saturated rings. The lowest BCUT2D eigenvalue weighted by atomic mass is 10.1. The standard InChI is InChI=1S/C21H24N2O4/c1-2-26-21(25)23-14-12-22(13-15-23)20(24)16-27-19-11-7-6-10-18(19)17-8-4-3-5-9-17/h3-11H,2,12-16H2,1H3. The summed E-state index contributed by atoms with van der Waals surface area (Å²) in [4.78, 5) is 27.6. The van der Waals surface area contributed by atoms with E-state index in [1.807, 2.05) is 54.6 Å². The molecule has 0 unspecified atom stereocenters. The molecule has 0 aliphatic carbocycles. The summed E-state index contributed by atoms with van der Waals surface area (Å²) < 4.78 is 10.8. The molecule has 0 radical (unpaired) electrons. The molecule has 0 bridgehead atoms. The number of piperazine rings is 1. The monoisotopic (exact) mass is 368 g/mol. The third kappa shape index (κ3) is 4.78. The lowest BCUT2D eigenvalue weighted by Gasteiger charge is -2.34. The Labute approximate surface area is 159 Å². The second kappa shape index (κ2) is 9.07. The predicted molar refractivity (Wildman–Crippen MR) is 103 cm³/mol. The molecule has 0 aromatic heterocycles. The van der Waals surface area contributed by atoms with E-state index in [9.17, 15) is 9.59 Å². The average molecular weight is 368 g/mol. The van der Waals surface area contributed by atoms with Crippen molar-refractivity contribution in [3.63, 3.8) is 0 Å². The summed E-state index contributed by atoms with van der Waals surface area (Å²) >= 11 is 0. The largest absolute Gasteiger partial charge is 0.483 e. The van der Waals surface area contributed by atoms with Gasteiger partial charge in [-0.3, -0.25) is 4.79 Å². The van der Waals surface area contributed by atoms with Crippen LogP contribution in [0, 0.1) is 0 Å². The van der Waals surface area contributed by atoms with Gasteiger partial charge < -0.3 is 19.3 Å². The van der Waals surface area contributed by atoms with Gasteiger partial charge in [0.15, 0.2) is 6.61 Å². The van der Waals surface area contributed by atoms with Crippen LogP contribution >= 0.6 is 0 Å². The van der Waals surface area contributed by atoms with E-state index < -0.39 is 0 Å². The zero-order valence-electron chi connectivity index (χ0n) is 15.5. The first-order valence-electron chi connectivity index (χ1n) is 9.15. The molecule has 2 aromatic carbocycles. The van der Waals surface area contributed by atoms with Crippen molar-refractivity contribution in [3.05, 3.63) is 54.6 Å². The van der Waals surface area contributed by atoms with Gasteiger partial charge in [0.2, 0.25) is 0 Å². The molecule has 3 rings (SSSR count). The molecule has 0 spiro atoms. The van der Waals surface area contributed by atoms with Crippen molar-refractivity contribution in [1.29, 1.82) is 0 Å². The predicted octanol–water partition coefficient (Wildman–Crippen LogP) is 3.03. The highest BCUT2D eigenvalue weighted by atomic mass is 16.6. The van der Waals surface area contributed by atoms with Crippen LogP contribution in [-0.2, 0) is 9.53 Å². The van der Waals surface area contributed by atoms with E-state index in [0.717, 1.165) is 11.1 Å². The van der Waals surface area contributed by atoms with E-state index in [4.69, 9.17) is 9.47 Å². The van der Waals surface area contributed by atoms with Crippen LogP contribution in [0.15, 0.2) is 54.6 Å². The number of hydrogen-bond donors (Lipinski definition) is 0. The molecular weight excluding hydrogens is 344 g/mol. The second-order valence-electron chi connectivity index (χ2n) is 6.22. The smallest absolute Gasteiger partial charge is 0.409 e. The van der Waals surface area contributed by atoms with Gasteiger partial charge in [-0.05, 0) is 18.6 Å². The summed E-state index contributed by atoms with van der Waals surface area (Å²) in [6, 6.07) is 17.6. The molecule has 0 saturated carbocycles. The van der Waals surface area contributed by atoms with Crippen LogP contribution in [-0.4, -0.2) is 61.2 Å². The number of hydrogen-bond acceptors (Lipinski definition) is 4. The highest BCUT2D eigenvalue weighted by molar-refractivity contribution is 5.79. The van der Waals surface area contributed by atoms with Crippen LogP contribution in [0.25, 0.3) is 11.1 Å². The fraction of sp³-hybridized carbons (Fsp3) is 0.333. The van der Waals surface area contributed by atoms with Gasteiger partial charge in [0.1, 0.15) is 5.75 Å². The lowest BCUT2D eigenvalue weighted by Crippen LogP contribution is -2.51. The maximum absolute atomic E-state index is 12.5. The van der Waals surface area contributed by atoms with Crippen LogP contribution in [0.1, 0.15) is 6.92 Å². The minimum atomic E-state index is -0.322. The molecule has 1 saturated heterocycles. The fourth-order valence-corrected chi connectivity index (χ4v) is 3.03. The first kappa shape index (κ1) is 18.8. The average Bonchev–Trinajstić information content (AvgIpc) is 2.73. The van der Waals surface area contributed by atoms with Gasteiger partial charge in [0.25, 0.3) is 5.91 Å². The minimum Gasteiger partial charge on any atom is -0.483 e. The van der Waals surface area contributed by atoms with Crippen molar-refractivity contribution >= 4 is 12.0 Å². The number of nitrogens with zero attached hydrogens (tertiary/aromatic N) is 2. The van der Waals surface area contributed by atoms with Crippen molar-refractivity contribution < 1.29 is 19.1 Å². The van der Waals surface area contributed by atoms with Crippen molar-refractivity contribution in [2.24, 2.45) is 0 Å². The first-order chi connectivity index (χ1) is 13.2. The number of ether oxygens (including phenoxy) is 2. The van der Waals surface area contributed by atoms with E-state index in [2.05, 4.69) is 0 Å². The number of rotatable bonds is 5. The lowest BCUT2D eigenvalue weighted by molar-refractivity contribution is -0.134. The molecule has 6 heteroatoms. The number of para-hydroxylation sites is 1. The van der Waals surface area contributed by atoms with Crippen LogP contribution in [0.3, 0.4) is 0 Å². The molecule has 2 amide bonds. The summed E-state index contributed by atoms with van der Waals surface area (Å²) in [5.41, 5.74) is 2.00. The van der Waals surface area contributed by atoms with Gasteiger partial charge in [-0.15, -0.1) is 0 Å². The highest BCUT2D eigenvalue weighted by Gasteiger charge is 2.25. The van der Waals surface area contributed by atoms with Gasteiger partial charge in [-0.2, -0.15) is 0 Å². The Morgan fingerprint density at radius 3 is 2.22 bits per heavy atom. The Hall–Kier alpha value is -3.02. The Kier molecular flexibility index (Phi) is 6.30. The maximum atomic E-state index is 12.5. The van der Waals surface area contributed by atoms with E-state index in [1.54, 1.807) is 16.7 Å². The second-order valence-corrected chi connectivity index (χ2v) is 6.22. The molecule has 2 aromatic rings. The SMILES string of the molecule is CCOC(=O)N1CCN(C(=O)COc2ccccc2-c2ccccc2)CC1. The van der Waals surface area contributed by atoms with Gasteiger partial charge in [-0.1, -0.05) is 48.5 Å². The normalized spacial score (nSPS) is 14.0. The molecule has 142 valence electrons. The molecular formula is C21H24N2O4. The molecule has 1 aliphatic heterocycles. The van der Waals surface area contributed by atoms with Crippen LogP contribution in [0.5, 0.6) is 5.75 Å². The van der Waals surface area contributed by atoms with Crippen molar-refractivity contribution in [1.82, 2.24) is 9.80 Å². The van der Waals surface area contributed by atoms with E-state index in [0.29, 0.717) is 38.5 Å². The molecule has 1 aliphatic rings. The number of carbonyl (C=O) groups excluding carboxylic acids is 2. The summed E-state index contributed by atoms with van der Waals surface area (Å²) in [5.74, 6) is 0.601. The van der Waals surface area contributed by atoms with Crippen LogP contribution < -0.4 is 4.74 Å². The Morgan fingerprint density at radius 1 is 0.889 bits per heavy atom. The minimum absolute atomic E-state index is 0.0246. The van der Waals surface area contributed by atoms with Gasteiger partial charge in [-0.25, -0.2) is 4.79 Å². The Balaban J connectivity index is 1.56. The number of benzene rings is 2. The maximum Gasteiger partial charge on any atom is 0.409 e. The summed E-state index contributed by atoms with van der Waals surface area (Å²) in [6.45, 7) is 4.04. The number of carbonyl (C=O) groups is 2. The van der Waals surface area contributed by atoms with Crippen LogP contribution in [0.2, 0.25) is 0 Å². The zero-order valence-corrected chi connectivity index (χ0v) is 15.5. The first-order valence-corrected chi connectivity index (χ1v) is 9.15. The third-order valence-electron chi connectivity index (χ3n) is 4.48. The highest BCUT2D eigenvalue weighted by Crippen LogP contribution is 2.29. The van der Waals surface area contributed by atoms with Gasteiger partial charge >= 0.3 is 6.09 Å². The molecule has 27 heavy (non-hydrogen) atoms. The molecule has 0 atom stereocenters. The van der Waals surface area contributed by atoms with Gasteiger partial charge in [0, 0.05) is 31.7 Å². The Bertz CT molecular complexity index is 771. The summed E-state index contributed by atoms with van der Waals surface area (Å²) in [6.07, 6.45) is -0.322. The van der Waals surface area contributed by atoms with Crippen molar-refractivity contribution in [2.45, 2.75) is 6.92 Å². The van der Waals surface area contributed by atoms with Crippen molar-refractivity contribution in [3.8, 4) is 16.9 Å². The topological polar surface area (TPSA) is 59.1 Å². The summed E-state index contributed by atoms with van der Waals surface area (Å²) in [7, 11) is 0. The molecule has 0 N–H and O–H groups in total. The Morgan fingerprint density at radius 2 is 1.52 bits per heavy atom. The quantitative estimate of drug-likeness (QED) is 0.814. The van der Waals surface area contributed by atoms with Crippen molar-refractivity contribution in [2.75, 3.05) is 39.4 Å². The zero-order chi connectivity index (χ0) is 19.1. The molecule has 1 heterocycles. The molecule has 6 nitrogen and oxygen atoms in total.